The first kappa shape index (κ1) is 24.6. The van der Waals surface area contributed by atoms with Crippen LogP contribution in [0.15, 0.2) is 47.6 Å². The molecule has 2 aliphatic heterocycles. The van der Waals surface area contributed by atoms with Gasteiger partial charge in [0.1, 0.15) is 5.82 Å². The van der Waals surface area contributed by atoms with Gasteiger partial charge in [-0.3, -0.25) is 4.99 Å². The highest BCUT2D eigenvalue weighted by atomic mass is 127. The minimum atomic E-state index is 0. The van der Waals surface area contributed by atoms with E-state index in [0.29, 0.717) is 6.04 Å². The topological polar surface area (TPSA) is 55.8 Å². The molecule has 32 heavy (non-hydrogen) atoms. The highest BCUT2D eigenvalue weighted by molar-refractivity contribution is 14.0. The van der Waals surface area contributed by atoms with Crippen LogP contribution in [0.2, 0.25) is 0 Å². The van der Waals surface area contributed by atoms with Crippen molar-refractivity contribution in [3.05, 3.63) is 53.7 Å². The van der Waals surface area contributed by atoms with Crippen LogP contribution in [0.5, 0.6) is 0 Å². The van der Waals surface area contributed by atoms with Crippen molar-refractivity contribution < 1.29 is 0 Å². The minimum absolute atomic E-state index is 0. The number of guanidine groups is 1. The smallest absolute Gasteiger partial charge is 0.191 e. The normalized spacial score (nSPS) is 19.3. The summed E-state index contributed by atoms with van der Waals surface area (Å²) >= 11 is 0. The number of hydrogen-bond acceptors (Lipinski definition) is 4. The van der Waals surface area contributed by atoms with Gasteiger partial charge in [-0.25, -0.2) is 4.98 Å². The molecule has 7 heteroatoms. The van der Waals surface area contributed by atoms with E-state index >= 15 is 0 Å². The fourth-order valence-electron chi connectivity index (χ4n) is 4.49. The van der Waals surface area contributed by atoms with Crippen LogP contribution in [-0.4, -0.2) is 50.2 Å². The average Bonchev–Trinajstić information content (AvgIpc) is 3.09. The van der Waals surface area contributed by atoms with Crippen LogP contribution in [-0.2, 0) is 6.54 Å². The third kappa shape index (κ3) is 6.73. The minimum Gasteiger partial charge on any atom is -0.369 e. The van der Waals surface area contributed by atoms with Gasteiger partial charge in [0.2, 0.25) is 0 Å². The van der Waals surface area contributed by atoms with Crippen molar-refractivity contribution in [3.8, 4) is 0 Å². The second kappa shape index (κ2) is 12.3. The first-order chi connectivity index (χ1) is 15.2. The largest absolute Gasteiger partial charge is 0.369 e. The molecule has 0 radical (unpaired) electrons. The van der Waals surface area contributed by atoms with Crippen molar-refractivity contribution >= 4 is 41.4 Å². The number of halogens is 1. The number of aromatic nitrogens is 1. The molecular weight excluding hydrogens is 511 g/mol. The number of anilines is 2. The summed E-state index contributed by atoms with van der Waals surface area (Å²) in [5.74, 6) is 1.97. The lowest BCUT2D eigenvalue weighted by Gasteiger charge is -2.22. The molecule has 0 bridgehead atoms. The van der Waals surface area contributed by atoms with E-state index in [1.807, 2.05) is 13.2 Å². The van der Waals surface area contributed by atoms with Gasteiger partial charge in [0, 0.05) is 57.7 Å². The summed E-state index contributed by atoms with van der Waals surface area (Å²) in [7, 11) is 1.84. The van der Waals surface area contributed by atoms with E-state index in [1.165, 1.54) is 42.5 Å². The fraction of sp³-hybridized carbons (Fsp3) is 0.520. The predicted octanol–water partition coefficient (Wildman–Crippen LogP) is 4.33. The van der Waals surface area contributed by atoms with Crippen LogP contribution in [0, 0.1) is 6.92 Å². The molecule has 4 rings (SSSR count). The molecule has 2 fully saturated rings. The van der Waals surface area contributed by atoms with Gasteiger partial charge in [-0.05, 0) is 56.0 Å². The number of rotatable bonds is 5. The number of benzene rings is 1. The number of hydrogen-bond donors (Lipinski definition) is 2. The van der Waals surface area contributed by atoms with Crippen LogP contribution in [0.25, 0.3) is 0 Å². The molecule has 0 spiro atoms. The number of nitrogens with zero attached hydrogens (tertiary/aromatic N) is 4. The Morgan fingerprint density at radius 3 is 2.50 bits per heavy atom. The van der Waals surface area contributed by atoms with Crippen molar-refractivity contribution in [2.75, 3.05) is 43.0 Å². The number of aryl methyl sites for hydroxylation is 1. The molecule has 1 atom stereocenters. The van der Waals surface area contributed by atoms with Gasteiger partial charge < -0.3 is 20.4 Å². The van der Waals surface area contributed by atoms with Crippen LogP contribution in [0.3, 0.4) is 0 Å². The highest BCUT2D eigenvalue weighted by Gasteiger charge is 2.23. The zero-order valence-corrected chi connectivity index (χ0v) is 21.7. The van der Waals surface area contributed by atoms with Crippen molar-refractivity contribution in [2.24, 2.45) is 4.99 Å². The summed E-state index contributed by atoms with van der Waals surface area (Å²) in [4.78, 5) is 14.0. The SMILES string of the molecule is CN=C(NCc1ccnc(N2CCCCCC2)c1)NC1CCN(c2ccc(C)cc2)C1.I. The van der Waals surface area contributed by atoms with E-state index in [4.69, 9.17) is 0 Å². The van der Waals surface area contributed by atoms with Crippen LogP contribution in [0.1, 0.15) is 43.2 Å². The Bertz CT molecular complexity index is 861. The van der Waals surface area contributed by atoms with Gasteiger partial charge in [0.15, 0.2) is 5.96 Å². The summed E-state index contributed by atoms with van der Waals surface area (Å²) in [6.45, 7) is 7.18. The second-order valence-corrected chi connectivity index (χ2v) is 8.76. The lowest BCUT2D eigenvalue weighted by molar-refractivity contribution is 0.648. The Kier molecular flexibility index (Phi) is 9.44. The Morgan fingerprint density at radius 1 is 1.03 bits per heavy atom. The third-order valence-corrected chi connectivity index (χ3v) is 6.35. The van der Waals surface area contributed by atoms with Crippen molar-refractivity contribution in [2.45, 2.75) is 51.6 Å². The maximum absolute atomic E-state index is 4.62. The summed E-state index contributed by atoms with van der Waals surface area (Å²) in [6.07, 6.45) is 8.25. The lowest BCUT2D eigenvalue weighted by atomic mass is 10.2. The Hall–Kier alpha value is -2.03. The molecule has 0 saturated carbocycles. The average molecular weight is 549 g/mol. The van der Waals surface area contributed by atoms with Gasteiger partial charge in [-0.15, -0.1) is 24.0 Å². The van der Waals surface area contributed by atoms with Gasteiger partial charge in [0.25, 0.3) is 0 Å². The maximum atomic E-state index is 4.62. The summed E-state index contributed by atoms with van der Waals surface area (Å²) in [6, 6.07) is 13.5. The molecule has 174 valence electrons. The molecule has 2 saturated heterocycles. The van der Waals surface area contributed by atoms with E-state index in [2.05, 4.69) is 73.7 Å². The number of nitrogens with one attached hydrogen (secondary N) is 2. The molecule has 2 aliphatic rings. The lowest BCUT2D eigenvalue weighted by Crippen LogP contribution is -2.44. The van der Waals surface area contributed by atoms with Gasteiger partial charge in [-0.2, -0.15) is 0 Å². The van der Waals surface area contributed by atoms with Crippen LogP contribution < -0.4 is 20.4 Å². The Labute approximate surface area is 209 Å². The van der Waals surface area contributed by atoms with E-state index in [1.54, 1.807) is 0 Å². The zero-order chi connectivity index (χ0) is 21.5. The molecule has 0 amide bonds. The highest BCUT2D eigenvalue weighted by Crippen LogP contribution is 2.21. The predicted molar refractivity (Wildman–Crippen MR) is 145 cm³/mol. The molecule has 2 N–H and O–H groups in total. The van der Waals surface area contributed by atoms with Gasteiger partial charge in [-0.1, -0.05) is 30.5 Å². The van der Waals surface area contributed by atoms with Crippen molar-refractivity contribution in [1.82, 2.24) is 15.6 Å². The molecule has 1 unspecified atom stereocenters. The summed E-state index contributed by atoms with van der Waals surface area (Å²) < 4.78 is 0. The molecule has 6 nitrogen and oxygen atoms in total. The van der Waals surface area contributed by atoms with E-state index in [-0.39, 0.29) is 24.0 Å². The number of aliphatic imine (C=N–C) groups is 1. The summed E-state index contributed by atoms with van der Waals surface area (Å²) in [5, 5.41) is 7.10. The Balaban J connectivity index is 0.00000289. The van der Waals surface area contributed by atoms with Crippen molar-refractivity contribution in [3.63, 3.8) is 0 Å². The first-order valence-electron chi connectivity index (χ1n) is 11.7. The van der Waals surface area contributed by atoms with Gasteiger partial charge >= 0.3 is 0 Å². The molecule has 1 aromatic heterocycles. The maximum Gasteiger partial charge on any atom is 0.191 e. The van der Waals surface area contributed by atoms with Crippen molar-refractivity contribution in [1.29, 1.82) is 0 Å². The monoisotopic (exact) mass is 548 g/mol. The van der Waals surface area contributed by atoms with Crippen LogP contribution in [0.4, 0.5) is 11.5 Å². The first-order valence-corrected chi connectivity index (χ1v) is 11.7. The standard InChI is InChI=1S/C25H36N6.HI/c1-20-7-9-23(10-8-20)31-16-12-22(19-31)29-25(26-2)28-18-21-11-13-27-24(17-21)30-14-5-3-4-6-15-30;/h7-11,13,17,22H,3-6,12,14-16,18-19H2,1-2H3,(H2,26,28,29);1H. The van der Waals surface area contributed by atoms with E-state index < -0.39 is 0 Å². The molecule has 1 aromatic carbocycles. The fourth-order valence-corrected chi connectivity index (χ4v) is 4.49. The quantitative estimate of drug-likeness (QED) is 0.331. The van der Waals surface area contributed by atoms with Gasteiger partial charge in [0.05, 0.1) is 0 Å². The summed E-state index contributed by atoms with van der Waals surface area (Å²) in [5.41, 5.74) is 3.85. The zero-order valence-electron chi connectivity index (χ0n) is 19.4. The third-order valence-electron chi connectivity index (χ3n) is 6.35. The molecule has 2 aromatic rings. The second-order valence-electron chi connectivity index (χ2n) is 8.76. The van der Waals surface area contributed by atoms with E-state index in [9.17, 15) is 0 Å². The van der Waals surface area contributed by atoms with E-state index in [0.717, 1.165) is 50.9 Å². The molecular formula is C25H37IN6. The number of pyridine rings is 1. The van der Waals surface area contributed by atoms with Crippen LogP contribution >= 0.6 is 24.0 Å². The molecule has 3 heterocycles. The Morgan fingerprint density at radius 2 is 1.78 bits per heavy atom. The molecule has 0 aliphatic carbocycles.